The van der Waals surface area contributed by atoms with Crippen molar-refractivity contribution in [3.05, 3.63) is 65.2 Å². The Kier molecular flexibility index (Phi) is 6.15. The first kappa shape index (κ1) is 19.7. The Morgan fingerprint density at radius 2 is 1.73 bits per heavy atom. The van der Waals surface area contributed by atoms with Gasteiger partial charge in [-0.3, -0.25) is 13.9 Å². The smallest absolute Gasteiger partial charge is 0.241 e. The Labute approximate surface area is 153 Å². The van der Waals surface area contributed by atoms with Crippen LogP contribution in [-0.2, 0) is 21.4 Å². The summed E-state index contributed by atoms with van der Waals surface area (Å²) in [7, 11) is -3.68. The molecule has 0 saturated heterocycles. The molecular weight excluding hydrogens is 352 g/mol. The fourth-order valence-corrected chi connectivity index (χ4v) is 3.22. The second kappa shape index (κ2) is 8.14. The van der Waals surface area contributed by atoms with Gasteiger partial charge in [0, 0.05) is 12.1 Å². The highest BCUT2D eigenvalue weighted by Crippen LogP contribution is 2.19. The highest BCUT2D eigenvalue weighted by atomic mass is 32.2. The van der Waals surface area contributed by atoms with Crippen LogP contribution in [0.25, 0.3) is 0 Å². The zero-order valence-corrected chi connectivity index (χ0v) is 15.8. The number of carbonyl (C=O) groups is 2. The summed E-state index contributed by atoms with van der Waals surface area (Å²) < 4.78 is 25.2. The molecule has 0 fully saturated rings. The Balaban J connectivity index is 2.13. The number of amides is 1. The van der Waals surface area contributed by atoms with E-state index in [0.717, 1.165) is 21.7 Å². The molecule has 1 N–H and O–H groups in total. The molecule has 2 rings (SSSR count). The quantitative estimate of drug-likeness (QED) is 0.754. The summed E-state index contributed by atoms with van der Waals surface area (Å²) in [6, 6.07) is 13.9. The molecule has 7 heteroatoms. The standard InChI is InChI=1S/C19H22N2O4S/c1-14-7-9-16(10-8-14)12-20-19(23)13-21(26(3,24)25)18-6-4-5-17(11-18)15(2)22/h4-11H,12-13H2,1-3H3,(H,20,23). The van der Waals surface area contributed by atoms with Crippen molar-refractivity contribution in [3.8, 4) is 0 Å². The van der Waals surface area contributed by atoms with Crippen LogP contribution in [0.5, 0.6) is 0 Å². The third-order valence-electron chi connectivity index (χ3n) is 3.84. The van der Waals surface area contributed by atoms with E-state index in [0.29, 0.717) is 12.1 Å². The molecule has 0 atom stereocenters. The van der Waals surface area contributed by atoms with E-state index in [2.05, 4.69) is 5.32 Å². The fraction of sp³-hybridized carbons (Fsp3) is 0.263. The number of aryl methyl sites for hydroxylation is 1. The van der Waals surface area contributed by atoms with E-state index in [9.17, 15) is 18.0 Å². The Morgan fingerprint density at radius 1 is 1.08 bits per heavy atom. The minimum Gasteiger partial charge on any atom is -0.350 e. The average Bonchev–Trinajstić information content (AvgIpc) is 2.58. The van der Waals surface area contributed by atoms with Crippen molar-refractivity contribution < 1.29 is 18.0 Å². The van der Waals surface area contributed by atoms with Crippen molar-refractivity contribution >= 4 is 27.4 Å². The Bertz CT molecular complexity index is 905. The molecule has 0 aromatic heterocycles. The maximum Gasteiger partial charge on any atom is 0.241 e. The molecule has 26 heavy (non-hydrogen) atoms. The molecule has 0 aliphatic carbocycles. The van der Waals surface area contributed by atoms with Crippen LogP contribution in [0.3, 0.4) is 0 Å². The first-order valence-corrected chi connectivity index (χ1v) is 9.92. The second-order valence-electron chi connectivity index (χ2n) is 6.14. The first-order chi connectivity index (χ1) is 12.2. The number of rotatable bonds is 7. The van der Waals surface area contributed by atoms with Crippen LogP contribution in [0.15, 0.2) is 48.5 Å². The molecule has 6 nitrogen and oxygen atoms in total. The van der Waals surface area contributed by atoms with E-state index in [1.54, 1.807) is 18.2 Å². The number of Topliss-reactive ketones (excluding diaryl/α,β-unsaturated/α-hetero) is 1. The zero-order valence-electron chi connectivity index (χ0n) is 15.0. The topological polar surface area (TPSA) is 83.6 Å². The lowest BCUT2D eigenvalue weighted by molar-refractivity contribution is -0.119. The van der Waals surface area contributed by atoms with Gasteiger partial charge in [0.1, 0.15) is 6.54 Å². The number of nitrogens with one attached hydrogen (secondary N) is 1. The molecule has 0 bridgehead atoms. The van der Waals surface area contributed by atoms with Gasteiger partial charge in [-0.2, -0.15) is 0 Å². The minimum atomic E-state index is -3.68. The van der Waals surface area contributed by atoms with Crippen LogP contribution >= 0.6 is 0 Å². The molecule has 0 radical (unpaired) electrons. The van der Waals surface area contributed by atoms with Crippen LogP contribution < -0.4 is 9.62 Å². The van der Waals surface area contributed by atoms with E-state index in [4.69, 9.17) is 0 Å². The monoisotopic (exact) mass is 374 g/mol. The van der Waals surface area contributed by atoms with E-state index in [-0.39, 0.29) is 18.0 Å². The third-order valence-corrected chi connectivity index (χ3v) is 4.98. The van der Waals surface area contributed by atoms with Crippen molar-refractivity contribution in [2.75, 3.05) is 17.1 Å². The number of ketones is 1. The van der Waals surface area contributed by atoms with Crippen molar-refractivity contribution in [1.82, 2.24) is 5.32 Å². The van der Waals surface area contributed by atoms with Crippen molar-refractivity contribution in [2.45, 2.75) is 20.4 Å². The normalized spacial score (nSPS) is 11.0. The maximum absolute atomic E-state index is 12.2. The highest BCUT2D eigenvalue weighted by Gasteiger charge is 2.21. The molecule has 2 aromatic rings. The van der Waals surface area contributed by atoms with Crippen LogP contribution in [-0.4, -0.2) is 32.9 Å². The zero-order chi connectivity index (χ0) is 19.3. The number of anilines is 1. The van der Waals surface area contributed by atoms with Gasteiger partial charge in [0.2, 0.25) is 15.9 Å². The number of sulfonamides is 1. The van der Waals surface area contributed by atoms with Crippen LogP contribution in [0.1, 0.15) is 28.4 Å². The van der Waals surface area contributed by atoms with Gasteiger partial charge < -0.3 is 5.32 Å². The average molecular weight is 374 g/mol. The highest BCUT2D eigenvalue weighted by molar-refractivity contribution is 7.92. The predicted octanol–water partition coefficient (Wildman–Crippen LogP) is 2.28. The first-order valence-electron chi connectivity index (χ1n) is 8.08. The van der Waals surface area contributed by atoms with Gasteiger partial charge in [-0.25, -0.2) is 8.42 Å². The third kappa shape index (κ3) is 5.42. The van der Waals surface area contributed by atoms with Crippen molar-refractivity contribution in [3.63, 3.8) is 0 Å². The molecule has 0 unspecified atom stereocenters. The maximum atomic E-state index is 12.2. The molecule has 2 aromatic carbocycles. The summed E-state index contributed by atoms with van der Waals surface area (Å²) >= 11 is 0. The van der Waals surface area contributed by atoms with Crippen LogP contribution in [0, 0.1) is 6.92 Å². The summed E-state index contributed by atoms with van der Waals surface area (Å²) in [5.41, 5.74) is 2.71. The van der Waals surface area contributed by atoms with Gasteiger partial charge in [0.05, 0.1) is 11.9 Å². The summed E-state index contributed by atoms with van der Waals surface area (Å²) in [4.78, 5) is 23.8. The van der Waals surface area contributed by atoms with E-state index in [1.165, 1.54) is 13.0 Å². The largest absolute Gasteiger partial charge is 0.350 e. The SMILES string of the molecule is CC(=O)c1cccc(N(CC(=O)NCc2ccc(C)cc2)S(C)(=O)=O)c1. The van der Waals surface area contributed by atoms with Gasteiger partial charge >= 0.3 is 0 Å². The van der Waals surface area contributed by atoms with Gasteiger partial charge in [-0.05, 0) is 31.5 Å². The molecule has 0 saturated carbocycles. The van der Waals surface area contributed by atoms with E-state index >= 15 is 0 Å². The molecule has 0 spiro atoms. The summed E-state index contributed by atoms with van der Waals surface area (Å²) in [6.45, 7) is 3.33. The van der Waals surface area contributed by atoms with Crippen LogP contribution in [0.4, 0.5) is 5.69 Å². The summed E-state index contributed by atoms with van der Waals surface area (Å²) in [5, 5.41) is 2.72. The minimum absolute atomic E-state index is 0.177. The molecular formula is C19H22N2O4S. The summed E-state index contributed by atoms with van der Waals surface area (Å²) in [6.07, 6.45) is 1.03. The predicted molar refractivity (Wildman–Crippen MR) is 102 cm³/mol. The van der Waals surface area contributed by atoms with Gasteiger partial charge in [0.15, 0.2) is 5.78 Å². The second-order valence-corrected chi connectivity index (χ2v) is 8.05. The number of carbonyl (C=O) groups excluding carboxylic acids is 2. The Morgan fingerprint density at radius 3 is 2.31 bits per heavy atom. The molecule has 0 heterocycles. The van der Waals surface area contributed by atoms with Crippen molar-refractivity contribution in [1.29, 1.82) is 0 Å². The number of benzene rings is 2. The van der Waals surface area contributed by atoms with Gasteiger partial charge in [-0.1, -0.05) is 42.0 Å². The van der Waals surface area contributed by atoms with Gasteiger partial charge in [0.25, 0.3) is 0 Å². The number of nitrogens with zero attached hydrogens (tertiary/aromatic N) is 1. The van der Waals surface area contributed by atoms with Crippen molar-refractivity contribution in [2.24, 2.45) is 0 Å². The van der Waals surface area contributed by atoms with Crippen LogP contribution in [0.2, 0.25) is 0 Å². The summed E-state index contributed by atoms with van der Waals surface area (Å²) in [5.74, 6) is -0.603. The molecule has 1 amide bonds. The number of hydrogen-bond acceptors (Lipinski definition) is 4. The molecule has 0 aliphatic heterocycles. The molecule has 138 valence electrons. The lowest BCUT2D eigenvalue weighted by atomic mass is 10.1. The fourth-order valence-electron chi connectivity index (χ4n) is 2.37. The lowest BCUT2D eigenvalue weighted by Gasteiger charge is -2.22. The molecule has 0 aliphatic rings. The van der Waals surface area contributed by atoms with E-state index < -0.39 is 15.9 Å². The lowest BCUT2D eigenvalue weighted by Crippen LogP contribution is -2.40. The van der Waals surface area contributed by atoms with Gasteiger partial charge in [-0.15, -0.1) is 0 Å². The Hall–Kier alpha value is -2.67. The number of hydrogen-bond donors (Lipinski definition) is 1. The van der Waals surface area contributed by atoms with E-state index in [1.807, 2.05) is 31.2 Å².